The number of thiophene rings is 1. The van der Waals surface area contributed by atoms with Gasteiger partial charge in [0.2, 0.25) is 0 Å². The van der Waals surface area contributed by atoms with Crippen molar-refractivity contribution >= 4 is 22.2 Å². The molecule has 30 heavy (non-hydrogen) atoms. The number of furan rings is 1. The van der Waals surface area contributed by atoms with E-state index in [0.29, 0.717) is 0 Å². The van der Waals surface area contributed by atoms with Crippen LogP contribution in [0.25, 0.3) is 55.2 Å². The average Bonchev–Trinajstić information content (AvgIpc) is 3.58. The second kappa shape index (κ2) is 6.94. The van der Waals surface area contributed by atoms with Gasteiger partial charge in [-0.1, -0.05) is 36.4 Å². The number of aromatic amines is 2. The zero-order valence-corrected chi connectivity index (χ0v) is 16.9. The Labute approximate surface area is 177 Å². The maximum Gasteiger partial charge on any atom is 0.135 e. The van der Waals surface area contributed by atoms with Crippen LogP contribution in [0.5, 0.6) is 0 Å². The van der Waals surface area contributed by atoms with Crippen molar-refractivity contribution in [1.82, 2.24) is 9.97 Å². The number of hydrogen-bond donors (Lipinski definition) is 2. The summed E-state index contributed by atoms with van der Waals surface area (Å²) in [4.78, 5) is 8.24. The molecule has 0 aliphatic carbocycles. The fourth-order valence-corrected chi connectivity index (χ4v) is 4.88. The van der Waals surface area contributed by atoms with Crippen LogP contribution in [0.2, 0.25) is 0 Å². The molecule has 0 atom stereocenters. The first kappa shape index (κ1) is 17.1. The lowest BCUT2D eigenvalue weighted by Crippen LogP contribution is -1.93. The number of H-pyrrole nitrogens is 2. The van der Waals surface area contributed by atoms with Crippen LogP contribution in [0.3, 0.4) is 0 Å². The van der Waals surface area contributed by atoms with Crippen molar-refractivity contribution in [3.8, 4) is 44.3 Å². The van der Waals surface area contributed by atoms with Crippen molar-refractivity contribution in [3.05, 3.63) is 96.7 Å². The fraction of sp³-hybridized carbons (Fsp3) is 0. The highest BCUT2D eigenvalue weighted by Gasteiger charge is 2.22. The third kappa shape index (κ3) is 2.73. The van der Waals surface area contributed by atoms with Crippen molar-refractivity contribution < 1.29 is 4.42 Å². The Morgan fingerprint density at radius 2 is 1.67 bits per heavy atom. The Bertz CT molecular complexity index is 1390. The largest absolute Gasteiger partial charge is 0.464 e. The molecule has 0 spiro atoms. The molecule has 0 amide bonds. The van der Waals surface area contributed by atoms with Crippen molar-refractivity contribution in [2.75, 3.05) is 0 Å². The maximum absolute atomic E-state index is 5.93. The van der Waals surface area contributed by atoms with Crippen molar-refractivity contribution in [3.63, 3.8) is 0 Å². The summed E-state index contributed by atoms with van der Waals surface area (Å²) in [5.74, 6) is 0.862. The molecule has 0 saturated heterocycles. The summed E-state index contributed by atoms with van der Waals surface area (Å²) in [7, 11) is 0. The monoisotopic (exact) mass is 406 g/mol. The molecule has 3 nitrogen and oxygen atoms in total. The first-order chi connectivity index (χ1) is 14.9. The summed E-state index contributed by atoms with van der Waals surface area (Å²) in [5.41, 5.74) is 7.82. The van der Waals surface area contributed by atoms with Gasteiger partial charge in [0.1, 0.15) is 5.76 Å². The van der Waals surface area contributed by atoms with E-state index < -0.39 is 0 Å². The highest BCUT2D eigenvalue weighted by Crippen LogP contribution is 2.46. The first-order valence-corrected chi connectivity index (χ1v) is 10.7. The SMILES string of the molecule is c1c[nH]c(-c2c(-c3cc4ccccc4[nH]3)ccc(-c3cccs3)c2-c2ccco2)c1. The van der Waals surface area contributed by atoms with Gasteiger partial charge < -0.3 is 14.4 Å². The molecule has 2 N–H and O–H groups in total. The molecular formula is C26H18N2OS. The van der Waals surface area contributed by atoms with Crippen LogP contribution in [0.1, 0.15) is 0 Å². The molecule has 4 heterocycles. The van der Waals surface area contributed by atoms with Gasteiger partial charge in [-0.3, -0.25) is 0 Å². The van der Waals surface area contributed by atoms with Crippen LogP contribution in [0, 0.1) is 0 Å². The highest BCUT2D eigenvalue weighted by atomic mass is 32.1. The quantitative estimate of drug-likeness (QED) is 0.308. The van der Waals surface area contributed by atoms with E-state index in [1.165, 1.54) is 15.8 Å². The maximum atomic E-state index is 5.93. The third-order valence-electron chi connectivity index (χ3n) is 5.45. The number of para-hydroxylation sites is 1. The van der Waals surface area contributed by atoms with E-state index in [-0.39, 0.29) is 0 Å². The third-order valence-corrected chi connectivity index (χ3v) is 6.35. The number of fused-ring (bicyclic) bond motifs is 1. The normalized spacial score (nSPS) is 11.3. The van der Waals surface area contributed by atoms with E-state index in [2.05, 4.69) is 76.0 Å². The zero-order chi connectivity index (χ0) is 19.9. The van der Waals surface area contributed by atoms with Crippen molar-refractivity contribution in [2.45, 2.75) is 0 Å². The molecule has 0 bridgehead atoms. The summed E-state index contributed by atoms with van der Waals surface area (Å²) in [6.07, 6.45) is 3.70. The van der Waals surface area contributed by atoms with Crippen LogP contribution in [-0.4, -0.2) is 9.97 Å². The number of benzene rings is 2. The molecule has 4 aromatic heterocycles. The molecule has 0 aliphatic heterocycles. The minimum absolute atomic E-state index is 0.862. The fourth-order valence-electron chi connectivity index (χ4n) is 4.13. The van der Waals surface area contributed by atoms with E-state index >= 15 is 0 Å². The molecule has 0 unspecified atom stereocenters. The van der Waals surface area contributed by atoms with Crippen LogP contribution in [0.4, 0.5) is 0 Å². The molecule has 6 aromatic rings. The Morgan fingerprint density at radius 3 is 2.43 bits per heavy atom. The molecule has 0 saturated carbocycles. The van der Waals surface area contributed by atoms with Gasteiger partial charge in [-0.2, -0.15) is 0 Å². The summed E-state index contributed by atoms with van der Waals surface area (Å²) in [6.45, 7) is 0. The minimum atomic E-state index is 0.862. The van der Waals surface area contributed by atoms with Gasteiger partial charge in [-0.25, -0.2) is 0 Å². The van der Waals surface area contributed by atoms with E-state index in [1.54, 1.807) is 17.6 Å². The van der Waals surface area contributed by atoms with Gasteiger partial charge in [0.15, 0.2) is 0 Å². The summed E-state index contributed by atoms with van der Waals surface area (Å²) in [5, 5.41) is 3.31. The molecule has 0 aliphatic rings. The molecule has 2 aromatic carbocycles. The number of nitrogens with one attached hydrogen (secondary N) is 2. The Balaban J connectivity index is 1.71. The van der Waals surface area contributed by atoms with Gasteiger partial charge in [-0.15, -0.1) is 11.3 Å². The average molecular weight is 407 g/mol. The molecule has 0 radical (unpaired) electrons. The van der Waals surface area contributed by atoms with Gasteiger partial charge in [0.05, 0.1) is 6.26 Å². The molecule has 0 fully saturated rings. The number of aromatic nitrogens is 2. The smallest absolute Gasteiger partial charge is 0.135 e. The Kier molecular flexibility index (Phi) is 3.96. The summed E-state index contributed by atoms with van der Waals surface area (Å²) < 4.78 is 5.93. The van der Waals surface area contributed by atoms with E-state index in [1.807, 2.05) is 24.4 Å². The number of rotatable bonds is 4. The predicted molar refractivity (Wildman–Crippen MR) is 125 cm³/mol. The molecule has 6 rings (SSSR count). The van der Waals surface area contributed by atoms with Gasteiger partial charge in [0, 0.05) is 55.6 Å². The Morgan fingerprint density at radius 1 is 0.733 bits per heavy atom. The summed E-state index contributed by atoms with van der Waals surface area (Å²) in [6, 6.07) is 27.4. The number of hydrogen-bond acceptors (Lipinski definition) is 2. The minimum Gasteiger partial charge on any atom is -0.464 e. The Hall–Kier alpha value is -3.76. The lowest BCUT2D eigenvalue weighted by atomic mass is 9.90. The van der Waals surface area contributed by atoms with Crippen LogP contribution in [0.15, 0.2) is 101 Å². The molecular weight excluding hydrogens is 388 g/mol. The molecule has 144 valence electrons. The van der Waals surface area contributed by atoms with Gasteiger partial charge in [-0.05, 0) is 47.8 Å². The lowest BCUT2D eigenvalue weighted by molar-refractivity contribution is 0.583. The standard InChI is InChI=1S/C26H18N2OS/c1-2-7-20-17(6-1)16-22(28-20)18-11-12-19(24-10-5-15-30-24)26(23-9-4-14-29-23)25(18)21-8-3-13-27-21/h1-16,27-28H. The summed E-state index contributed by atoms with van der Waals surface area (Å²) >= 11 is 1.74. The predicted octanol–water partition coefficient (Wildman–Crippen LogP) is 7.82. The van der Waals surface area contributed by atoms with Crippen LogP contribution in [-0.2, 0) is 0 Å². The lowest BCUT2D eigenvalue weighted by Gasteiger charge is -2.16. The molecule has 4 heteroatoms. The van der Waals surface area contributed by atoms with E-state index in [9.17, 15) is 0 Å². The highest BCUT2D eigenvalue weighted by molar-refractivity contribution is 7.13. The van der Waals surface area contributed by atoms with Gasteiger partial charge in [0.25, 0.3) is 0 Å². The zero-order valence-electron chi connectivity index (χ0n) is 16.1. The van der Waals surface area contributed by atoms with Crippen LogP contribution < -0.4 is 0 Å². The van der Waals surface area contributed by atoms with Crippen molar-refractivity contribution in [2.24, 2.45) is 0 Å². The second-order valence-electron chi connectivity index (χ2n) is 7.22. The van der Waals surface area contributed by atoms with E-state index in [0.717, 1.165) is 39.4 Å². The second-order valence-corrected chi connectivity index (χ2v) is 8.17. The van der Waals surface area contributed by atoms with Gasteiger partial charge >= 0.3 is 0 Å². The van der Waals surface area contributed by atoms with E-state index in [4.69, 9.17) is 4.42 Å². The topological polar surface area (TPSA) is 44.7 Å². The first-order valence-electron chi connectivity index (χ1n) is 9.85. The van der Waals surface area contributed by atoms with Crippen LogP contribution >= 0.6 is 11.3 Å². The van der Waals surface area contributed by atoms with Crippen molar-refractivity contribution in [1.29, 1.82) is 0 Å².